The second-order valence-corrected chi connectivity index (χ2v) is 17.0. The standard InChI is InChI=1S/2C24H30N4/c2*1-25(2)19-13-20(26(3)4)16-11-12-18-22(28(7)8)14-21(27(5)6)17-10-9-15(19)23(16)24(17)18/h2*9-14H,1-8H3. The molecular formula is C48H60N8. The molecule has 0 aromatic heterocycles. The molecule has 0 N–H and O–H groups in total. The van der Waals surface area contributed by atoms with E-state index in [0.717, 1.165) is 0 Å². The second-order valence-electron chi connectivity index (χ2n) is 17.0. The summed E-state index contributed by atoms with van der Waals surface area (Å²) in [5.74, 6) is 0. The molecule has 0 aliphatic carbocycles. The topological polar surface area (TPSA) is 25.9 Å². The fourth-order valence-corrected chi connectivity index (χ4v) is 8.80. The molecule has 0 saturated carbocycles. The fourth-order valence-electron chi connectivity index (χ4n) is 8.80. The van der Waals surface area contributed by atoms with Gasteiger partial charge in [0.2, 0.25) is 0 Å². The third-order valence-electron chi connectivity index (χ3n) is 11.5. The average molecular weight is 749 g/mol. The maximum atomic E-state index is 2.31. The molecule has 8 heteroatoms. The largest absolute Gasteiger partial charge is 0.377 e. The van der Waals surface area contributed by atoms with Crippen molar-refractivity contribution in [1.29, 1.82) is 0 Å². The van der Waals surface area contributed by atoms with Gasteiger partial charge in [-0.05, 0) is 24.3 Å². The highest BCUT2D eigenvalue weighted by molar-refractivity contribution is 6.32. The minimum absolute atomic E-state index is 1.26. The molecule has 0 fully saturated rings. The van der Waals surface area contributed by atoms with Crippen molar-refractivity contribution in [1.82, 2.24) is 0 Å². The van der Waals surface area contributed by atoms with E-state index in [1.165, 1.54) is 110 Å². The van der Waals surface area contributed by atoms with Crippen LogP contribution in [0.25, 0.3) is 64.6 Å². The number of nitrogens with zero attached hydrogens (tertiary/aromatic N) is 8. The Morgan fingerprint density at radius 1 is 0.196 bits per heavy atom. The third-order valence-corrected chi connectivity index (χ3v) is 11.5. The lowest BCUT2D eigenvalue weighted by atomic mass is 9.90. The molecule has 0 aliphatic heterocycles. The molecule has 0 bridgehead atoms. The van der Waals surface area contributed by atoms with Crippen molar-refractivity contribution >= 4 is 110 Å². The van der Waals surface area contributed by atoms with Gasteiger partial charge in [0.05, 0.1) is 0 Å². The Kier molecular flexibility index (Phi) is 9.68. The summed E-state index contributed by atoms with van der Waals surface area (Å²) in [6.45, 7) is 0. The van der Waals surface area contributed by atoms with Crippen LogP contribution >= 0.6 is 0 Å². The Morgan fingerprint density at radius 3 is 0.393 bits per heavy atom. The Labute approximate surface area is 333 Å². The Bertz CT molecular complexity index is 2180. The zero-order valence-electron chi connectivity index (χ0n) is 36.5. The lowest BCUT2D eigenvalue weighted by molar-refractivity contribution is 1.11. The van der Waals surface area contributed by atoms with Crippen LogP contribution in [0.3, 0.4) is 0 Å². The fraction of sp³-hybridized carbons (Fsp3) is 0.333. The summed E-state index contributed by atoms with van der Waals surface area (Å²) in [4.78, 5) is 17.8. The Hall–Kier alpha value is -5.76. The minimum atomic E-state index is 1.26. The summed E-state index contributed by atoms with van der Waals surface area (Å²) in [6.07, 6.45) is 0. The van der Waals surface area contributed by atoms with Crippen LogP contribution in [0.5, 0.6) is 0 Å². The van der Waals surface area contributed by atoms with Gasteiger partial charge in [0.15, 0.2) is 0 Å². The van der Waals surface area contributed by atoms with Gasteiger partial charge in [-0.25, -0.2) is 0 Å². The van der Waals surface area contributed by atoms with E-state index >= 15 is 0 Å². The van der Waals surface area contributed by atoms with Gasteiger partial charge >= 0.3 is 0 Å². The van der Waals surface area contributed by atoms with Crippen molar-refractivity contribution < 1.29 is 0 Å². The summed E-state index contributed by atoms with van der Waals surface area (Å²) in [7, 11) is 34.0. The predicted molar refractivity (Wildman–Crippen MR) is 255 cm³/mol. The first-order valence-corrected chi connectivity index (χ1v) is 19.4. The third kappa shape index (κ3) is 5.97. The number of hydrogen-bond acceptors (Lipinski definition) is 8. The van der Waals surface area contributed by atoms with Crippen molar-refractivity contribution in [3.05, 3.63) is 72.8 Å². The number of benzene rings is 8. The molecule has 8 aromatic carbocycles. The van der Waals surface area contributed by atoms with Gasteiger partial charge < -0.3 is 39.2 Å². The van der Waals surface area contributed by atoms with Gasteiger partial charge in [-0.3, -0.25) is 0 Å². The molecular weight excluding hydrogens is 689 g/mol. The smallest absolute Gasteiger partial charge is 0.0462 e. The Morgan fingerprint density at radius 2 is 0.304 bits per heavy atom. The van der Waals surface area contributed by atoms with Crippen LogP contribution < -0.4 is 39.2 Å². The molecule has 8 nitrogen and oxygen atoms in total. The van der Waals surface area contributed by atoms with Crippen LogP contribution in [0.15, 0.2) is 72.8 Å². The zero-order valence-corrected chi connectivity index (χ0v) is 36.5. The first kappa shape index (κ1) is 38.5. The predicted octanol–water partition coefficient (Wildman–Crippen LogP) is 9.70. The van der Waals surface area contributed by atoms with E-state index in [0.29, 0.717) is 0 Å². The highest BCUT2D eigenvalue weighted by Gasteiger charge is 2.22. The van der Waals surface area contributed by atoms with Gasteiger partial charge in [0, 0.05) is 223 Å². The van der Waals surface area contributed by atoms with Crippen LogP contribution in [0.1, 0.15) is 0 Å². The van der Waals surface area contributed by atoms with E-state index in [2.05, 4.69) is 225 Å². The van der Waals surface area contributed by atoms with Crippen molar-refractivity contribution in [3.63, 3.8) is 0 Å². The van der Waals surface area contributed by atoms with Crippen LogP contribution in [0, 0.1) is 0 Å². The van der Waals surface area contributed by atoms with Crippen LogP contribution in [0.4, 0.5) is 45.5 Å². The molecule has 0 unspecified atom stereocenters. The van der Waals surface area contributed by atoms with Crippen molar-refractivity contribution in [2.45, 2.75) is 0 Å². The maximum absolute atomic E-state index is 2.31. The summed E-state index contributed by atoms with van der Waals surface area (Å²) in [5, 5.41) is 15.9. The molecule has 0 amide bonds. The highest BCUT2D eigenvalue weighted by Crippen LogP contribution is 2.49. The van der Waals surface area contributed by atoms with Crippen LogP contribution in [0.2, 0.25) is 0 Å². The SMILES string of the molecule is CN(C)c1cc(N(C)C)c2ccc3c(N(C)C)cc(N(C)C)c4ccc1c2c43.CN(C)c1cc(N(C)C)c2ccc3c(N(C)C)cc(N(C)C)c4ccc1c2c43. The minimum Gasteiger partial charge on any atom is -0.377 e. The van der Waals surface area contributed by atoms with Gasteiger partial charge in [-0.15, -0.1) is 0 Å². The van der Waals surface area contributed by atoms with E-state index < -0.39 is 0 Å². The van der Waals surface area contributed by atoms with Crippen LogP contribution in [-0.2, 0) is 0 Å². The number of hydrogen-bond donors (Lipinski definition) is 0. The van der Waals surface area contributed by atoms with Crippen molar-refractivity contribution in [2.75, 3.05) is 152 Å². The lowest BCUT2D eigenvalue weighted by Crippen LogP contribution is -2.15. The van der Waals surface area contributed by atoms with Crippen molar-refractivity contribution in [3.8, 4) is 0 Å². The van der Waals surface area contributed by atoms with E-state index in [-0.39, 0.29) is 0 Å². The van der Waals surface area contributed by atoms with E-state index in [1.54, 1.807) is 0 Å². The average Bonchev–Trinajstić information content (AvgIpc) is 3.14. The molecule has 0 saturated heterocycles. The summed E-state index contributed by atoms with van der Waals surface area (Å²) in [6, 6.07) is 27.6. The van der Waals surface area contributed by atoms with Crippen molar-refractivity contribution in [2.24, 2.45) is 0 Å². The number of rotatable bonds is 8. The molecule has 0 heterocycles. The first-order chi connectivity index (χ1) is 26.4. The molecule has 0 atom stereocenters. The lowest BCUT2D eigenvalue weighted by Gasteiger charge is -2.27. The van der Waals surface area contributed by atoms with Gasteiger partial charge in [0.25, 0.3) is 0 Å². The summed E-state index contributed by atoms with van der Waals surface area (Å²) < 4.78 is 0. The van der Waals surface area contributed by atoms with Gasteiger partial charge in [-0.2, -0.15) is 0 Å². The van der Waals surface area contributed by atoms with Gasteiger partial charge in [0.1, 0.15) is 0 Å². The molecule has 0 radical (unpaired) electrons. The number of anilines is 8. The maximum Gasteiger partial charge on any atom is 0.0462 e. The molecule has 8 rings (SSSR count). The highest BCUT2D eigenvalue weighted by atomic mass is 15.1. The second kappa shape index (κ2) is 14.1. The van der Waals surface area contributed by atoms with E-state index in [1.807, 2.05) is 0 Å². The summed E-state index contributed by atoms with van der Waals surface area (Å²) in [5.41, 5.74) is 10.1. The molecule has 56 heavy (non-hydrogen) atoms. The summed E-state index contributed by atoms with van der Waals surface area (Å²) >= 11 is 0. The molecule has 292 valence electrons. The Balaban J connectivity index is 0.000000172. The van der Waals surface area contributed by atoms with Gasteiger partial charge in [-0.1, -0.05) is 48.5 Å². The molecule has 0 aliphatic rings. The quantitative estimate of drug-likeness (QED) is 0.142. The molecule has 0 spiro atoms. The zero-order chi connectivity index (χ0) is 40.7. The normalized spacial score (nSPS) is 11.6. The molecule has 8 aromatic rings. The first-order valence-electron chi connectivity index (χ1n) is 19.4. The van der Waals surface area contributed by atoms with Crippen LogP contribution in [-0.4, -0.2) is 113 Å². The monoisotopic (exact) mass is 748 g/mol. The van der Waals surface area contributed by atoms with E-state index in [9.17, 15) is 0 Å². The van der Waals surface area contributed by atoms with E-state index in [4.69, 9.17) is 0 Å².